The molecule has 1 saturated heterocycles. The van der Waals surface area contributed by atoms with E-state index in [2.05, 4.69) is 58.8 Å². The first-order chi connectivity index (χ1) is 8.44. The summed E-state index contributed by atoms with van der Waals surface area (Å²) in [5.74, 6) is 0. The molecule has 1 aromatic carbocycles. The molecule has 4 heteroatoms. The molecule has 2 rings (SSSR count). The summed E-state index contributed by atoms with van der Waals surface area (Å²) in [6.45, 7) is 6.48. The highest BCUT2D eigenvalue weighted by molar-refractivity contribution is 9.10. The molecule has 1 aliphatic rings. The first-order valence-electron chi connectivity index (χ1n) is 6.28. The van der Waals surface area contributed by atoms with E-state index in [4.69, 9.17) is 0 Å². The maximum absolute atomic E-state index is 9.60. The van der Waals surface area contributed by atoms with Crippen molar-refractivity contribution in [3.05, 3.63) is 28.7 Å². The van der Waals surface area contributed by atoms with Crippen LogP contribution in [0.2, 0.25) is 0 Å². The Morgan fingerprint density at radius 2 is 2.17 bits per heavy atom. The average molecular weight is 313 g/mol. The van der Waals surface area contributed by atoms with Gasteiger partial charge in [0.15, 0.2) is 0 Å². The van der Waals surface area contributed by atoms with Gasteiger partial charge in [-0.15, -0.1) is 0 Å². The number of benzene rings is 1. The Bertz CT molecular complexity index is 422. The summed E-state index contributed by atoms with van der Waals surface area (Å²) in [5, 5.41) is 9.60. The molecule has 100 valence electrons. The number of likely N-dealkylation sites (N-methyl/N-ethyl adjacent to an activating group) is 1. The predicted octanol–water partition coefficient (Wildman–Crippen LogP) is 2.34. The van der Waals surface area contributed by atoms with Crippen molar-refractivity contribution in [2.24, 2.45) is 0 Å². The number of piperazine rings is 1. The molecule has 0 radical (unpaired) electrons. The summed E-state index contributed by atoms with van der Waals surface area (Å²) in [6, 6.07) is 8.45. The molecule has 3 nitrogen and oxygen atoms in total. The minimum Gasteiger partial charge on any atom is -0.394 e. The molecule has 1 aliphatic heterocycles. The fourth-order valence-corrected chi connectivity index (χ4v) is 2.83. The Labute approximate surface area is 118 Å². The van der Waals surface area contributed by atoms with Crippen LogP contribution >= 0.6 is 15.9 Å². The lowest BCUT2D eigenvalue weighted by Crippen LogP contribution is -2.63. The van der Waals surface area contributed by atoms with Crippen molar-refractivity contribution in [2.45, 2.75) is 25.4 Å². The minimum absolute atomic E-state index is 0.119. The molecule has 1 atom stereocenters. The Balaban J connectivity index is 2.29. The maximum Gasteiger partial charge on any atom is 0.0648 e. The van der Waals surface area contributed by atoms with Crippen LogP contribution in [-0.2, 0) is 0 Å². The molecule has 1 unspecified atom stereocenters. The van der Waals surface area contributed by atoms with E-state index in [0.717, 1.165) is 17.6 Å². The topological polar surface area (TPSA) is 26.7 Å². The van der Waals surface area contributed by atoms with Crippen molar-refractivity contribution < 1.29 is 5.11 Å². The predicted molar refractivity (Wildman–Crippen MR) is 79.1 cm³/mol. The smallest absolute Gasteiger partial charge is 0.0648 e. The first-order valence-corrected chi connectivity index (χ1v) is 7.07. The van der Waals surface area contributed by atoms with Gasteiger partial charge in [0.05, 0.1) is 12.6 Å². The highest BCUT2D eigenvalue weighted by atomic mass is 79.9. The second-order valence-corrected chi connectivity index (χ2v) is 6.55. The molecule has 0 aromatic heterocycles. The third kappa shape index (κ3) is 2.71. The number of anilines is 1. The lowest BCUT2D eigenvalue weighted by atomic mass is 9.96. The van der Waals surface area contributed by atoms with Gasteiger partial charge in [-0.2, -0.15) is 0 Å². The zero-order valence-electron chi connectivity index (χ0n) is 11.2. The highest BCUT2D eigenvalue weighted by Crippen LogP contribution is 2.29. The normalized spacial score (nSPS) is 24.3. The Kier molecular flexibility index (Phi) is 3.99. The van der Waals surface area contributed by atoms with E-state index in [9.17, 15) is 5.11 Å². The van der Waals surface area contributed by atoms with Crippen LogP contribution in [0.3, 0.4) is 0 Å². The van der Waals surface area contributed by atoms with Gasteiger partial charge in [-0.1, -0.05) is 22.0 Å². The quantitative estimate of drug-likeness (QED) is 0.908. The van der Waals surface area contributed by atoms with E-state index in [1.165, 1.54) is 5.69 Å². The molecule has 1 aromatic rings. The molecule has 1 heterocycles. The molecular formula is C14H21BrN2O. The third-order valence-electron chi connectivity index (χ3n) is 3.87. The maximum atomic E-state index is 9.60. The second kappa shape index (κ2) is 5.19. The summed E-state index contributed by atoms with van der Waals surface area (Å²) >= 11 is 3.51. The van der Waals surface area contributed by atoms with Gasteiger partial charge in [0.2, 0.25) is 0 Å². The molecule has 18 heavy (non-hydrogen) atoms. The van der Waals surface area contributed by atoms with E-state index in [1.807, 2.05) is 12.1 Å². The summed E-state index contributed by atoms with van der Waals surface area (Å²) in [5.41, 5.74) is 1.29. The Morgan fingerprint density at radius 1 is 1.44 bits per heavy atom. The molecular weight excluding hydrogens is 292 g/mol. The first kappa shape index (κ1) is 13.8. The van der Waals surface area contributed by atoms with Gasteiger partial charge >= 0.3 is 0 Å². The van der Waals surface area contributed by atoms with E-state index in [-0.39, 0.29) is 18.2 Å². The molecule has 0 bridgehead atoms. The van der Waals surface area contributed by atoms with E-state index < -0.39 is 0 Å². The van der Waals surface area contributed by atoms with Crippen molar-refractivity contribution >= 4 is 21.6 Å². The number of hydrogen-bond donors (Lipinski definition) is 1. The van der Waals surface area contributed by atoms with Crippen molar-refractivity contribution in [1.29, 1.82) is 0 Å². The number of nitrogens with zero attached hydrogens (tertiary/aromatic N) is 2. The van der Waals surface area contributed by atoms with Crippen LogP contribution < -0.4 is 4.90 Å². The fourth-order valence-electron chi connectivity index (χ4n) is 2.44. The zero-order valence-corrected chi connectivity index (χ0v) is 12.8. The number of aliphatic hydroxyl groups is 1. The number of aliphatic hydroxyl groups excluding tert-OH is 1. The highest BCUT2D eigenvalue weighted by Gasteiger charge is 2.36. The molecule has 0 spiro atoms. The largest absolute Gasteiger partial charge is 0.394 e. The van der Waals surface area contributed by atoms with Gasteiger partial charge in [-0.05, 0) is 39.1 Å². The van der Waals surface area contributed by atoms with E-state index >= 15 is 0 Å². The van der Waals surface area contributed by atoms with Crippen LogP contribution in [0.5, 0.6) is 0 Å². The Hall–Kier alpha value is -0.580. The van der Waals surface area contributed by atoms with Crippen LogP contribution in [0.4, 0.5) is 5.69 Å². The zero-order chi connectivity index (χ0) is 13.3. The van der Waals surface area contributed by atoms with E-state index in [1.54, 1.807) is 0 Å². The lowest BCUT2D eigenvalue weighted by Gasteiger charge is -2.50. The SMILES string of the molecule is CN1CC(CO)N(c2cccc(Br)c2)CC1(C)C. The molecule has 1 fully saturated rings. The van der Waals surface area contributed by atoms with Gasteiger partial charge in [0, 0.05) is 28.8 Å². The standard InChI is InChI=1S/C14H21BrN2O/c1-14(2)10-17(13(9-18)8-16(14)3)12-6-4-5-11(15)7-12/h4-7,13,18H,8-10H2,1-3H3. The van der Waals surface area contributed by atoms with Crippen LogP contribution in [0, 0.1) is 0 Å². The lowest BCUT2D eigenvalue weighted by molar-refractivity contribution is 0.0932. The third-order valence-corrected chi connectivity index (χ3v) is 4.36. The second-order valence-electron chi connectivity index (χ2n) is 5.64. The van der Waals surface area contributed by atoms with Gasteiger partial charge < -0.3 is 10.0 Å². The van der Waals surface area contributed by atoms with Gasteiger partial charge in [0.1, 0.15) is 0 Å². The fraction of sp³-hybridized carbons (Fsp3) is 0.571. The number of rotatable bonds is 2. The monoisotopic (exact) mass is 312 g/mol. The van der Waals surface area contributed by atoms with Crippen molar-refractivity contribution in [2.75, 3.05) is 31.6 Å². The molecule has 1 N–H and O–H groups in total. The Morgan fingerprint density at radius 3 is 2.78 bits per heavy atom. The summed E-state index contributed by atoms with van der Waals surface area (Å²) in [6.07, 6.45) is 0. The molecule has 0 saturated carbocycles. The minimum atomic E-state index is 0.119. The average Bonchev–Trinajstić information content (AvgIpc) is 2.32. The number of halogens is 1. The van der Waals surface area contributed by atoms with Crippen molar-refractivity contribution in [3.8, 4) is 0 Å². The van der Waals surface area contributed by atoms with Crippen molar-refractivity contribution in [1.82, 2.24) is 4.90 Å². The summed E-state index contributed by atoms with van der Waals surface area (Å²) in [4.78, 5) is 4.63. The molecule has 0 amide bonds. The van der Waals surface area contributed by atoms with Crippen LogP contribution in [0.1, 0.15) is 13.8 Å². The van der Waals surface area contributed by atoms with Gasteiger partial charge in [-0.3, -0.25) is 4.90 Å². The number of hydrogen-bond acceptors (Lipinski definition) is 3. The van der Waals surface area contributed by atoms with Gasteiger partial charge in [-0.25, -0.2) is 0 Å². The van der Waals surface area contributed by atoms with Gasteiger partial charge in [0.25, 0.3) is 0 Å². The van der Waals surface area contributed by atoms with E-state index in [0.29, 0.717) is 0 Å². The summed E-state index contributed by atoms with van der Waals surface area (Å²) < 4.78 is 1.08. The summed E-state index contributed by atoms with van der Waals surface area (Å²) in [7, 11) is 2.13. The van der Waals surface area contributed by atoms with Crippen LogP contribution in [-0.4, -0.2) is 48.3 Å². The van der Waals surface area contributed by atoms with Crippen molar-refractivity contribution in [3.63, 3.8) is 0 Å². The van der Waals surface area contributed by atoms with Crippen LogP contribution in [0.15, 0.2) is 28.7 Å². The molecule has 0 aliphatic carbocycles. The van der Waals surface area contributed by atoms with Crippen LogP contribution in [0.25, 0.3) is 0 Å².